The highest BCUT2D eigenvalue weighted by Crippen LogP contribution is 2.28. The lowest BCUT2D eigenvalue weighted by Crippen LogP contribution is -2.30. The van der Waals surface area contributed by atoms with Gasteiger partial charge in [0.15, 0.2) is 0 Å². The number of carbonyl (C=O) groups is 2. The molecule has 1 saturated heterocycles. The average Bonchev–Trinajstić information content (AvgIpc) is 3.02. The second kappa shape index (κ2) is 7.15. The summed E-state index contributed by atoms with van der Waals surface area (Å²) in [4.78, 5) is 25.2. The zero-order chi connectivity index (χ0) is 16.1. The summed E-state index contributed by atoms with van der Waals surface area (Å²) < 4.78 is 10.8. The summed E-state index contributed by atoms with van der Waals surface area (Å²) in [5.41, 5.74) is 0.445. The Bertz CT molecular complexity index is 557. The topological polar surface area (TPSA) is 76.1 Å². The van der Waals surface area contributed by atoms with Crippen LogP contribution in [0.25, 0.3) is 0 Å². The van der Waals surface area contributed by atoms with E-state index in [0.29, 0.717) is 36.6 Å². The van der Waals surface area contributed by atoms with Gasteiger partial charge in [-0.2, -0.15) is 0 Å². The van der Waals surface area contributed by atoms with Crippen molar-refractivity contribution in [2.24, 2.45) is 5.92 Å². The van der Waals surface area contributed by atoms with Gasteiger partial charge in [0.05, 0.1) is 25.2 Å². The second-order valence-electron chi connectivity index (χ2n) is 5.29. The van der Waals surface area contributed by atoms with Crippen LogP contribution in [0.4, 0.5) is 0 Å². The lowest BCUT2D eigenvalue weighted by atomic mass is 10.1. The second-order valence-corrected chi connectivity index (χ2v) is 5.29. The summed E-state index contributed by atoms with van der Waals surface area (Å²) >= 11 is 0. The summed E-state index contributed by atoms with van der Waals surface area (Å²) in [6.07, 6.45) is 1.32. The van der Waals surface area contributed by atoms with E-state index in [1.807, 2.05) is 6.92 Å². The van der Waals surface area contributed by atoms with Crippen LogP contribution in [0.5, 0.6) is 11.5 Å². The lowest BCUT2D eigenvalue weighted by molar-refractivity contribution is -0.141. The molecule has 0 bridgehead atoms. The molecule has 0 aliphatic carbocycles. The number of carboxylic acid groups (broad SMARTS) is 1. The van der Waals surface area contributed by atoms with Crippen LogP contribution in [0.3, 0.4) is 0 Å². The minimum Gasteiger partial charge on any atom is -0.497 e. The smallest absolute Gasteiger partial charge is 0.308 e. The number of hydrogen-bond donors (Lipinski definition) is 1. The molecule has 1 aliphatic heterocycles. The summed E-state index contributed by atoms with van der Waals surface area (Å²) in [6.45, 7) is 3.19. The molecule has 22 heavy (non-hydrogen) atoms. The Balaban J connectivity index is 2.19. The third kappa shape index (κ3) is 3.50. The van der Waals surface area contributed by atoms with E-state index in [1.165, 1.54) is 0 Å². The molecule has 1 aromatic rings. The van der Waals surface area contributed by atoms with E-state index < -0.39 is 11.9 Å². The van der Waals surface area contributed by atoms with Gasteiger partial charge >= 0.3 is 5.97 Å². The first kappa shape index (κ1) is 16.1. The Labute approximate surface area is 129 Å². The summed E-state index contributed by atoms with van der Waals surface area (Å²) in [7, 11) is 1.55. The number of aliphatic carboxylic acids is 1. The zero-order valence-electron chi connectivity index (χ0n) is 12.9. The minimum atomic E-state index is -0.854. The molecule has 1 unspecified atom stereocenters. The van der Waals surface area contributed by atoms with Crippen LogP contribution in [0, 0.1) is 5.92 Å². The van der Waals surface area contributed by atoms with Gasteiger partial charge in [0.1, 0.15) is 11.5 Å². The predicted molar refractivity (Wildman–Crippen MR) is 80.4 cm³/mol. The first-order chi connectivity index (χ1) is 10.6. The van der Waals surface area contributed by atoms with E-state index in [2.05, 4.69) is 0 Å². The molecule has 1 heterocycles. The fourth-order valence-corrected chi connectivity index (χ4v) is 2.45. The Morgan fingerprint density at radius 2 is 2.18 bits per heavy atom. The standard InChI is InChI=1S/C16H21NO5/c1-3-8-22-14-9-12(21-2)4-5-13(14)15(18)17-7-6-11(10-17)16(19)20/h4-5,9,11H,3,6-8,10H2,1-2H3,(H,19,20). The van der Waals surface area contributed by atoms with Gasteiger partial charge in [-0.3, -0.25) is 9.59 Å². The Morgan fingerprint density at radius 3 is 2.77 bits per heavy atom. The number of benzene rings is 1. The van der Waals surface area contributed by atoms with Crippen LogP contribution in [0.2, 0.25) is 0 Å². The first-order valence-electron chi connectivity index (χ1n) is 7.39. The minimum absolute atomic E-state index is 0.197. The molecule has 6 heteroatoms. The lowest BCUT2D eigenvalue weighted by Gasteiger charge is -2.18. The number of nitrogens with zero attached hydrogens (tertiary/aromatic N) is 1. The van der Waals surface area contributed by atoms with Crippen molar-refractivity contribution in [1.29, 1.82) is 0 Å². The van der Waals surface area contributed by atoms with Crippen LogP contribution in [0.1, 0.15) is 30.1 Å². The zero-order valence-corrected chi connectivity index (χ0v) is 12.9. The van der Waals surface area contributed by atoms with Gasteiger partial charge in [-0.15, -0.1) is 0 Å². The number of carboxylic acids is 1. The molecular formula is C16H21NO5. The number of likely N-dealkylation sites (tertiary alicyclic amines) is 1. The number of methoxy groups -OCH3 is 1. The Hall–Kier alpha value is -2.24. The van der Waals surface area contributed by atoms with Gasteiger partial charge in [-0.25, -0.2) is 0 Å². The van der Waals surface area contributed by atoms with Crippen molar-refractivity contribution < 1.29 is 24.2 Å². The van der Waals surface area contributed by atoms with E-state index in [4.69, 9.17) is 14.6 Å². The van der Waals surface area contributed by atoms with E-state index >= 15 is 0 Å². The SMILES string of the molecule is CCCOc1cc(OC)ccc1C(=O)N1CCC(C(=O)O)C1. The third-order valence-electron chi connectivity index (χ3n) is 3.71. The summed E-state index contributed by atoms with van der Waals surface area (Å²) in [5, 5.41) is 9.04. The van der Waals surface area contributed by atoms with Crippen molar-refractivity contribution in [3.8, 4) is 11.5 Å². The van der Waals surface area contributed by atoms with E-state index in [1.54, 1.807) is 30.2 Å². The molecule has 0 spiro atoms. The molecule has 1 fully saturated rings. The van der Waals surface area contributed by atoms with Gasteiger partial charge in [-0.05, 0) is 25.0 Å². The van der Waals surface area contributed by atoms with E-state index in [-0.39, 0.29) is 12.5 Å². The average molecular weight is 307 g/mol. The number of rotatable bonds is 6. The van der Waals surface area contributed by atoms with Crippen molar-refractivity contribution in [3.63, 3.8) is 0 Å². The maximum atomic E-state index is 12.6. The largest absolute Gasteiger partial charge is 0.497 e. The van der Waals surface area contributed by atoms with Crippen molar-refractivity contribution in [1.82, 2.24) is 4.90 Å². The molecule has 0 radical (unpaired) electrons. The fourth-order valence-electron chi connectivity index (χ4n) is 2.45. The number of ether oxygens (including phenoxy) is 2. The molecule has 6 nitrogen and oxygen atoms in total. The Kier molecular flexibility index (Phi) is 5.25. The molecular weight excluding hydrogens is 286 g/mol. The van der Waals surface area contributed by atoms with Crippen molar-refractivity contribution in [2.75, 3.05) is 26.8 Å². The highest BCUT2D eigenvalue weighted by Gasteiger charge is 2.32. The molecule has 2 rings (SSSR count). The van der Waals surface area contributed by atoms with Crippen LogP contribution >= 0.6 is 0 Å². The normalized spacial score (nSPS) is 17.4. The molecule has 0 aromatic heterocycles. The van der Waals surface area contributed by atoms with Gasteiger partial charge < -0.3 is 19.5 Å². The molecule has 120 valence electrons. The number of amides is 1. The Morgan fingerprint density at radius 1 is 1.41 bits per heavy atom. The highest BCUT2D eigenvalue weighted by molar-refractivity contribution is 5.97. The third-order valence-corrected chi connectivity index (χ3v) is 3.71. The maximum Gasteiger partial charge on any atom is 0.308 e. The van der Waals surface area contributed by atoms with Gasteiger partial charge in [0.2, 0.25) is 0 Å². The van der Waals surface area contributed by atoms with E-state index in [9.17, 15) is 9.59 Å². The molecule has 1 aromatic carbocycles. The number of carbonyl (C=O) groups excluding carboxylic acids is 1. The molecule has 1 amide bonds. The summed E-state index contributed by atoms with van der Waals surface area (Å²) in [6, 6.07) is 5.06. The van der Waals surface area contributed by atoms with Crippen LogP contribution in [0.15, 0.2) is 18.2 Å². The monoisotopic (exact) mass is 307 g/mol. The van der Waals surface area contributed by atoms with Crippen LogP contribution in [-0.4, -0.2) is 48.7 Å². The molecule has 1 N–H and O–H groups in total. The molecule has 1 aliphatic rings. The van der Waals surface area contributed by atoms with Crippen molar-refractivity contribution >= 4 is 11.9 Å². The van der Waals surface area contributed by atoms with Crippen LogP contribution in [-0.2, 0) is 4.79 Å². The van der Waals surface area contributed by atoms with Gasteiger partial charge in [-0.1, -0.05) is 6.92 Å². The van der Waals surface area contributed by atoms with E-state index in [0.717, 1.165) is 6.42 Å². The van der Waals surface area contributed by atoms with Crippen molar-refractivity contribution in [2.45, 2.75) is 19.8 Å². The maximum absolute atomic E-state index is 12.6. The molecule has 0 saturated carbocycles. The number of hydrogen-bond acceptors (Lipinski definition) is 4. The van der Waals surface area contributed by atoms with Gasteiger partial charge in [0, 0.05) is 19.2 Å². The highest BCUT2D eigenvalue weighted by atomic mass is 16.5. The quantitative estimate of drug-likeness (QED) is 0.870. The fraction of sp³-hybridized carbons (Fsp3) is 0.500. The first-order valence-corrected chi connectivity index (χ1v) is 7.39. The molecule has 1 atom stereocenters. The van der Waals surface area contributed by atoms with Crippen molar-refractivity contribution in [3.05, 3.63) is 23.8 Å². The summed E-state index contributed by atoms with van der Waals surface area (Å²) in [5.74, 6) is -0.440. The van der Waals surface area contributed by atoms with Crippen LogP contribution < -0.4 is 9.47 Å². The van der Waals surface area contributed by atoms with Gasteiger partial charge in [0.25, 0.3) is 5.91 Å². The predicted octanol–water partition coefficient (Wildman–Crippen LogP) is 2.03.